The molecule has 118 valence electrons. The Hall–Kier alpha value is -2.15. The highest BCUT2D eigenvalue weighted by Gasteiger charge is 2.35. The molecule has 0 radical (unpaired) electrons. The molecule has 0 saturated heterocycles. The van der Waals surface area contributed by atoms with Crippen molar-refractivity contribution in [3.8, 4) is 0 Å². The van der Waals surface area contributed by atoms with E-state index in [1.54, 1.807) is 6.08 Å². The van der Waals surface area contributed by atoms with Crippen molar-refractivity contribution in [3.63, 3.8) is 0 Å². The van der Waals surface area contributed by atoms with Crippen molar-refractivity contribution < 1.29 is 4.79 Å². The van der Waals surface area contributed by atoms with Crippen LogP contribution in [-0.2, 0) is 12.8 Å². The second kappa shape index (κ2) is 6.16. The molecular formula is C22H24O. The van der Waals surface area contributed by atoms with Gasteiger partial charge in [-0.25, -0.2) is 0 Å². The van der Waals surface area contributed by atoms with E-state index in [0.717, 1.165) is 24.0 Å². The van der Waals surface area contributed by atoms with Crippen LogP contribution in [0, 0.1) is 11.3 Å². The minimum absolute atomic E-state index is 0.00715. The van der Waals surface area contributed by atoms with Crippen molar-refractivity contribution >= 4 is 11.9 Å². The number of rotatable bonds is 5. The second-order valence-corrected chi connectivity index (χ2v) is 7.29. The molecule has 0 amide bonds. The largest absolute Gasteiger partial charge is 0.294 e. The van der Waals surface area contributed by atoms with Crippen molar-refractivity contribution in [1.82, 2.24) is 0 Å². The Morgan fingerprint density at radius 1 is 1.09 bits per heavy atom. The summed E-state index contributed by atoms with van der Waals surface area (Å²) in [5.41, 5.74) is 4.76. The maximum atomic E-state index is 12.7. The van der Waals surface area contributed by atoms with Gasteiger partial charge in [-0.15, -0.1) is 0 Å². The normalized spacial score (nSPS) is 14.5. The lowest BCUT2D eigenvalue weighted by atomic mass is 9.73. The number of hydrogen-bond acceptors (Lipinski definition) is 1. The monoisotopic (exact) mass is 304 g/mol. The zero-order chi connectivity index (χ0) is 16.4. The zero-order valence-corrected chi connectivity index (χ0v) is 14.0. The van der Waals surface area contributed by atoms with E-state index in [2.05, 4.69) is 44.7 Å². The molecule has 23 heavy (non-hydrogen) atoms. The molecule has 0 spiro atoms. The molecule has 1 nitrogen and oxygen atoms in total. The highest BCUT2D eigenvalue weighted by atomic mass is 16.1. The van der Waals surface area contributed by atoms with Gasteiger partial charge in [-0.3, -0.25) is 4.79 Å². The Kier molecular flexibility index (Phi) is 4.21. The summed E-state index contributed by atoms with van der Waals surface area (Å²) in [6, 6.07) is 16.4. The van der Waals surface area contributed by atoms with E-state index in [9.17, 15) is 4.79 Å². The Balaban J connectivity index is 1.71. The van der Waals surface area contributed by atoms with Gasteiger partial charge in [0, 0.05) is 12.0 Å². The fourth-order valence-electron chi connectivity index (χ4n) is 3.58. The highest BCUT2D eigenvalue weighted by Crippen LogP contribution is 2.41. The summed E-state index contributed by atoms with van der Waals surface area (Å²) in [5, 5.41) is 0. The minimum atomic E-state index is 0.00715. The molecule has 2 aromatic carbocycles. The van der Waals surface area contributed by atoms with Crippen molar-refractivity contribution in [2.45, 2.75) is 33.1 Å². The first-order valence-electron chi connectivity index (χ1n) is 8.32. The van der Waals surface area contributed by atoms with Gasteiger partial charge in [0.15, 0.2) is 5.78 Å². The lowest BCUT2D eigenvalue weighted by Gasteiger charge is -2.31. The fraction of sp³-hybridized carbons (Fsp3) is 0.318. The third-order valence-electron chi connectivity index (χ3n) is 5.24. The maximum Gasteiger partial charge on any atom is 0.163 e. The number of carbonyl (C=O) groups is 1. The minimum Gasteiger partial charge on any atom is -0.294 e. The molecule has 0 atom stereocenters. The van der Waals surface area contributed by atoms with Gasteiger partial charge < -0.3 is 0 Å². The Bertz CT molecular complexity index is 697. The van der Waals surface area contributed by atoms with Crippen molar-refractivity contribution in [2.75, 3.05) is 0 Å². The summed E-state index contributed by atoms with van der Waals surface area (Å²) in [4.78, 5) is 12.7. The summed E-state index contributed by atoms with van der Waals surface area (Å²) in [7, 11) is 0. The summed E-state index contributed by atoms with van der Waals surface area (Å²) in [6.45, 7) is 8.22. The summed E-state index contributed by atoms with van der Waals surface area (Å²) in [6.07, 6.45) is 4.57. The van der Waals surface area contributed by atoms with Crippen LogP contribution in [-0.4, -0.2) is 5.78 Å². The topological polar surface area (TPSA) is 17.1 Å². The van der Waals surface area contributed by atoms with Crippen molar-refractivity contribution in [2.24, 2.45) is 11.3 Å². The molecule has 0 aromatic heterocycles. The van der Waals surface area contributed by atoms with Crippen LogP contribution >= 0.6 is 0 Å². The standard InChI is InChI=1S/C22H24O/c1-4-16-9-11-17(12-10-16)21(23)15-22(2,3)20-13-18-7-5-6-8-19(18)14-20/h4-12,20H,1,13-15H2,2-3H3. The Morgan fingerprint density at radius 2 is 1.65 bits per heavy atom. The first-order valence-corrected chi connectivity index (χ1v) is 8.32. The summed E-state index contributed by atoms with van der Waals surface area (Å²) < 4.78 is 0. The van der Waals surface area contributed by atoms with E-state index >= 15 is 0 Å². The van der Waals surface area contributed by atoms with Crippen LogP contribution in [0.1, 0.15) is 47.3 Å². The number of benzene rings is 2. The number of carbonyl (C=O) groups excluding carboxylic acids is 1. The molecule has 0 heterocycles. The van der Waals surface area contributed by atoms with Gasteiger partial charge in [-0.1, -0.05) is 75.0 Å². The second-order valence-electron chi connectivity index (χ2n) is 7.29. The average Bonchev–Trinajstić information content (AvgIpc) is 2.99. The SMILES string of the molecule is C=Cc1ccc(C(=O)CC(C)(C)C2Cc3ccccc3C2)cc1. The van der Waals surface area contributed by atoms with Gasteiger partial charge >= 0.3 is 0 Å². The molecule has 0 bridgehead atoms. The van der Waals surface area contributed by atoms with Crippen LogP contribution in [0.2, 0.25) is 0 Å². The molecule has 1 aliphatic rings. The van der Waals surface area contributed by atoms with Crippen LogP contribution in [0.5, 0.6) is 0 Å². The number of ketones is 1. The number of hydrogen-bond donors (Lipinski definition) is 0. The van der Waals surface area contributed by atoms with Gasteiger partial charge in [-0.2, -0.15) is 0 Å². The van der Waals surface area contributed by atoms with Gasteiger partial charge in [-0.05, 0) is 40.9 Å². The average molecular weight is 304 g/mol. The molecule has 1 heteroatoms. The van der Waals surface area contributed by atoms with Crippen LogP contribution in [0.15, 0.2) is 55.1 Å². The molecule has 0 N–H and O–H groups in total. The third-order valence-corrected chi connectivity index (χ3v) is 5.24. The molecule has 1 aliphatic carbocycles. The van der Waals surface area contributed by atoms with Crippen LogP contribution in [0.25, 0.3) is 6.08 Å². The highest BCUT2D eigenvalue weighted by molar-refractivity contribution is 5.96. The molecular weight excluding hydrogens is 280 g/mol. The summed E-state index contributed by atoms with van der Waals surface area (Å²) in [5.74, 6) is 0.776. The van der Waals surface area contributed by atoms with Gasteiger partial charge in [0.1, 0.15) is 0 Å². The molecule has 0 unspecified atom stereocenters. The maximum absolute atomic E-state index is 12.7. The van der Waals surface area contributed by atoms with Crippen molar-refractivity contribution in [3.05, 3.63) is 77.4 Å². The van der Waals surface area contributed by atoms with Crippen LogP contribution in [0.4, 0.5) is 0 Å². The van der Waals surface area contributed by atoms with Gasteiger partial charge in [0.25, 0.3) is 0 Å². The van der Waals surface area contributed by atoms with E-state index in [1.807, 2.05) is 24.3 Å². The Morgan fingerprint density at radius 3 is 2.17 bits per heavy atom. The Labute approximate surface area is 139 Å². The predicted octanol–water partition coefficient (Wildman–Crippen LogP) is 5.34. The number of Topliss-reactive ketones (excluding diaryl/α,β-unsaturated/α-hetero) is 1. The quantitative estimate of drug-likeness (QED) is 0.681. The van der Waals surface area contributed by atoms with Gasteiger partial charge in [0.2, 0.25) is 0 Å². The van der Waals surface area contributed by atoms with Crippen LogP contribution < -0.4 is 0 Å². The van der Waals surface area contributed by atoms with Crippen LogP contribution in [0.3, 0.4) is 0 Å². The van der Waals surface area contributed by atoms with E-state index in [1.165, 1.54) is 11.1 Å². The lowest BCUT2D eigenvalue weighted by Crippen LogP contribution is -2.27. The fourth-order valence-corrected chi connectivity index (χ4v) is 3.58. The van der Waals surface area contributed by atoms with Crippen molar-refractivity contribution in [1.29, 1.82) is 0 Å². The first kappa shape index (κ1) is 15.7. The molecule has 0 fully saturated rings. The van der Waals surface area contributed by atoms with E-state index in [0.29, 0.717) is 12.3 Å². The lowest BCUT2D eigenvalue weighted by molar-refractivity contribution is 0.0882. The summed E-state index contributed by atoms with van der Waals surface area (Å²) >= 11 is 0. The molecule has 0 aliphatic heterocycles. The van der Waals surface area contributed by atoms with E-state index < -0.39 is 0 Å². The number of fused-ring (bicyclic) bond motifs is 1. The van der Waals surface area contributed by atoms with E-state index in [4.69, 9.17) is 0 Å². The first-order chi connectivity index (χ1) is 11.0. The predicted molar refractivity (Wildman–Crippen MR) is 96.6 cm³/mol. The van der Waals surface area contributed by atoms with Gasteiger partial charge in [0.05, 0.1) is 0 Å². The molecule has 3 rings (SSSR count). The molecule has 2 aromatic rings. The van der Waals surface area contributed by atoms with E-state index in [-0.39, 0.29) is 11.2 Å². The smallest absolute Gasteiger partial charge is 0.163 e. The molecule has 0 saturated carbocycles. The third kappa shape index (κ3) is 3.29. The zero-order valence-electron chi connectivity index (χ0n) is 14.0.